The average Bonchev–Trinajstić information content (AvgIpc) is 2.39. The average molecular weight is 249 g/mol. The van der Waals surface area contributed by atoms with Crippen molar-refractivity contribution in [3.8, 4) is 0 Å². The molecule has 0 fully saturated rings. The van der Waals surface area contributed by atoms with E-state index < -0.39 is 0 Å². The van der Waals surface area contributed by atoms with Crippen LogP contribution in [0, 0.1) is 0 Å². The highest BCUT2D eigenvalue weighted by atomic mass is 16.1. The zero-order valence-electron chi connectivity index (χ0n) is 11.2. The van der Waals surface area contributed by atoms with Crippen LogP contribution in [0.3, 0.4) is 0 Å². The molecule has 0 bridgehead atoms. The number of aromatic amines is 1. The summed E-state index contributed by atoms with van der Waals surface area (Å²) < 4.78 is 0. The fourth-order valence-electron chi connectivity index (χ4n) is 2.45. The summed E-state index contributed by atoms with van der Waals surface area (Å²) in [6, 6.07) is 0. The smallest absolute Gasteiger partial charge is 0.255 e. The van der Waals surface area contributed by atoms with Crippen LogP contribution in [0.15, 0.2) is 4.79 Å². The number of H-pyrrole nitrogens is 1. The van der Waals surface area contributed by atoms with Crippen molar-refractivity contribution < 1.29 is 0 Å². The van der Waals surface area contributed by atoms with Gasteiger partial charge in [-0.1, -0.05) is 26.2 Å². The van der Waals surface area contributed by atoms with Gasteiger partial charge in [-0.05, 0) is 32.1 Å². The van der Waals surface area contributed by atoms with Crippen molar-refractivity contribution in [3.63, 3.8) is 0 Å². The van der Waals surface area contributed by atoms with E-state index in [1.165, 1.54) is 19.3 Å². The minimum Gasteiger partial charge on any atom is -0.356 e. The molecule has 0 spiro atoms. The third-order valence-electron chi connectivity index (χ3n) is 3.51. The number of aromatic nitrogens is 2. The first-order valence-corrected chi connectivity index (χ1v) is 7.17. The summed E-state index contributed by atoms with van der Waals surface area (Å²) in [5.74, 6) is 0.650. The van der Waals surface area contributed by atoms with Gasteiger partial charge in [0.1, 0.15) is 0 Å². The third kappa shape index (κ3) is 3.34. The summed E-state index contributed by atoms with van der Waals surface area (Å²) in [5, 5.41) is 3.23. The molecule has 0 saturated heterocycles. The highest BCUT2D eigenvalue weighted by molar-refractivity contribution is 5.30. The highest BCUT2D eigenvalue weighted by Gasteiger charge is 2.15. The first kappa shape index (κ1) is 13.1. The monoisotopic (exact) mass is 249 g/mol. The molecule has 0 unspecified atom stereocenters. The largest absolute Gasteiger partial charge is 0.356 e. The summed E-state index contributed by atoms with van der Waals surface area (Å²) in [6.07, 6.45) is 8.98. The fraction of sp³-hybridized carbons (Fsp3) is 0.714. The molecule has 2 N–H and O–H groups in total. The highest BCUT2D eigenvalue weighted by Crippen LogP contribution is 2.16. The first-order valence-electron chi connectivity index (χ1n) is 7.17. The van der Waals surface area contributed by atoms with Crippen molar-refractivity contribution in [2.24, 2.45) is 0 Å². The lowest BCUT2D eigenvalue weighted by Gasteiger charge is -2.15. The Kier molecular flexibility index (Phi) is 4.79. The second-order valence-corrected chi connectivity index (χ2v) is 5.03. The van der Waals surface area contributed by atoms with Crippen LogP contribution in [0.5, 0.6) is 0 Å². The van der Waals surface area contributed by atoms with Gasteiger partial charge in [0.15, 0.2) is 0 Å². The van der Waals surface area contributed by atoms with Crippen LogP contribution in [-0.4, -0.2) is 16.5 Å². The minimum absolute atomic E-state index is 0.0516. The predicted molar refractivity (Wildman–Crippen MR) is 74.1 cm³/mol. The van der Waals surface area contributed by atoms with E-state index in [0.29, 0.717) is 5.95 Å². The quantitative estimate of drug-likeness (QED) is 0.762. The molecular weight excluding hydrogens is 226 g/mol. The van der Waals surface area contributed by atoms with Gasteiger partial charge in [0.25, 0.3) is 5.56 Å². The van der Waals surface area contributed by atoms with Crippen LogP contribution >= 0.6 is 0 Å². The van der Waals surface area contributed by atoms with Gasteiger partial charge >= 0.3 is 0 Å². The Hall–Kier alpha value is -1.32. The number of rotatable bonds is 6. The molecule has 1 aromatic heterocycles. The number of fused-ring (bicyclic) bond motifs is 1. The Morgan fingerprint density at radius 2 is 2.06 bits per heavy atom. The van der Waals surface area contributed by atoms with Crippen LogP contribution in [0.25, 0.3) is 0 Å². The van der Waals surface area contributed by atoms with Gasteiger partial charge < -0.3 is 5.32 Å². The van der Waals surface area contributed by atoms with Crippen molar-refractivity contribution in [2.45, 2.75) is 58.3 Å². The van der Waals surface area contributed by atoms with Crippen molar-refractivity contribution in [1.82, 2.24) is 9.97 Å². The second kappa shape index (κ2) is 6.57. The van der Waals surface area contributed by atoms with Crippen LogP contribution in [0.4, 0.5) is 5.95 Å². The molecule has 1 aliphatic carbocycles. The first-order chi connectivity index (χ1) is 8.81. The summed E-state index contributed by atoms with van der Waals surface area (Å²) in [7, 11) is 0. The van der Waals surface area contributed by atoms with E-state index in [-0.39, 0.29) is 5.56 Å². The third-order valence-corrected chi connectivity index (χ3v) is 3.51. The standard InChI is InChI=1S/C14H23N3O/c1-2-3-4-7-10-15-14-16-12-9-6-5-8-11(12)13(18)17-14/h2-10H2,1H3,(H2,15,16,17,18). The molecule has 2 rings (SSSR count). The Labute approximate surface area is 108 Å². The van der Waals surface area contributed by atoms with Crippen LogP contribution in [0.1, 0.15) is 56.7 Å². The van der Waals surface area contributed by atoms with Gasteiger partial charge in [-0.15, -0.1) is 0 Å². The summed E-state index contributed by atoms with van der Waals surface area (Å²) >= 11 is 0. The second-order valence-electron chi connectivity index (χ2n) is 5.03. The fourth-order valence-corrected chi connectivity index (χ4v) is 2.45. The molecule has 1 aromatic rings. The van der Waals surface area contributed by atoms with E-state index in [2.05, 4.69) is 22.2 Å². The zero-order chi connectivity index (χ0) is 12.8. The van der Waals surface area contributed by atoms with Crippen LogP contribution < -0.4 is 10.9 Å². The summed E-state index contributed by atoms with van der Waals surface area (Å²) in [5.41, 5.74) is 1.95. The maximum Gasteiger partial charge on any atom is 0.255 e. The van der Waals surface area contributed by atoms with Gasteiger partial charge in [-0.2, -0.15) is 0 Å². The van der Waals surface area contributed by atoms with Crippen molar-refractivity contribution in [2.75, 3.05) is 11.9 Å². The molecule has 0 aliphatic heterocycles. The number of aryl methyl sites for hydroxylation is 1. The number of hydrogen-bond donors (Lipinski definition) is 2. The molecule has 100 valence electrons. The number of anilines is 1. The Morgan fingerprint density at radius 3 is 2.89 bits per heavy atom. The number of nitrogens with one attached hydrogen (secondary N) is 2. The molecule has 0 aromatic carbocycles. The van der Waals surface area contributed by atoms with Crippen molar-refractivity contribution >= 4 is 5.95 Å². The lowest BCUT2D eigenvalue weighted by Crippen LogP contribution is -2.23. The normalized spacial score (nSPS) is 14.3. The van der Waals surface area contributed by atoms with E-state index in [0.717, 1.165) is 49.9 Å². The van der Waals surface area contributed by atoms with Crippen LogP contribution in [0.2, 0.25) is 0 Å². The van der Waals surface area contributed by atoms with Gasteiger partial charge in [0, 0.05) is 12.1 Å². The van der Waals surface area contributed by atoms with Gasteiger partial charge in [0.05, 0.1) is 5.69 Å². The molecule has 4 nitrogen and oxygen atoms in total. The van der Waals surface area contributed by atoms with Crippen molar-refractivity contribution in [3.05, 3.63) is 21.6 Å². The molecule has 4 heteroatoms. The summed E-state index contributed by atoms with van der Waals surface area (Å²) in [4.78, 5) is 19.3. The van der Waals surface area contributed by atoms with Gasteiger partial charge in [0.2, 0.25) is 5.95 Å². The van der Waals surface area contributed by atoms with E-state index in [1.807, 2.05) is 0 Å². The lowest BCUT2D eigenvalue weighted by molar-refractivity contribution is 0.654. The van der Waals surface area contributed by atoms with E-state index in [9.17, 15) is 4.79 Å². The Bertz CT molecular complexity index is 439. The lowest BCUT2D eigenvalue weighted by atomic mass is 9.97. The Balaban J connectivity index is 1.93. The number of hydrogen-bond acceptors (Lipinski definition) is 3. The Morgan fingerprint density at radius 1 is 1.22 bits per heavy atom. The molecule has 0 amide bonds. The van der Waals surface area contributed by atoms with Gasteiger partial charge in [-0.3, -0.25) is 9.78 Å². The molecule has 0 radical (unpaired) electrons. The molecular formula is C14H23N3O. The van der Waals surface area contributed by atoms with Crippen molar-refractivity contribution in [1.29, 1.82) is 0 Å². The SMILES string of the molecule is CCCCCCNc1nc2c(c(=O)[nH]1)CCCC2. The van der Waals surface area contributed by atoms with Crippen LogP contribution in [-0.2, 0) is 12.8 Å². The predicted octanol–water partition coefficient (Wildman–Crippen LogP) is 2.64. The topological polar surface area (TPSA) is 57.8 Å². The van der Waals surface area contributed by atoms with E-state index >= 15 is 0 Å². The maximum absolute atomic E-state index is 11.9. The molecule has 1 heterocycles. The number of nitrogens with zero attached hydrogens (tertiary/aromatic N) is 1. The zero-order valence-corrected chi connectivity index (χ0v) is 11.2. The molecule has 18 heavy (non-hydrogen) atoms. The maximum atomic E-state index is 11.9. The molecule has 0 saturated carbocycles. The van der Waals surface area contributed by atoms with E-state index in [4.69, 9.17) is 0 Å². The molecule has 0 atom stereocenters. The number of unbranched alkanes of at least 4 members (excludes halogenated alkanes) is 3. The summed E-state index contributed by atoms with van der Waals surface area (Å²) in [6.45, 7) is 3.09. The molecule has 1 aliphatic rings. The minimum atomic E-state index is 0.0516. The van der Waals surface area contributed by atoms with E-state index in [1.54, 1.807) is 0 Å². The van der Waals surface area contributed by atoms with Gasteiger partial charge in [-0.25, -0.2) is 4.98 Å².